The monoisotopic (exact) mass is 561 g/mol. The summed E-state index contributed by atoms with van der Waals surface area (Å²) in [6.45, 7) is 4.61. The second-order valence-electron chi connectivity index (χ2n) is 8.96. The Morgan fingerprint density at radius 1 is 1.00 bits per heavy atom. The first-order valence-electron chi connectivity index (χ1n) is 12.8. The molecule has 10 nitrogen and oxygen atoms in total. The fraction of sp³-hybridized carbons (Fsp3) is 0.241. The van der Waals surface area contributed by atoms with Gasteiger partial charge in [0, 0.05) is 36.1 Å². The van der Waals surface area contributed by atoms with Crippen molar-refractivity contribution in [1.82, 2.24) is 4.90 Å². The van der Waals surface area contributed by atoms with Crippen molar-refractivity contribution < 1.29 is 33.1 Å². The predicted molar refractivity (Wildman–Crippen MR) is 151 cm³/mol. The van der Waals surface area contributed by atoms with E-state index >= 15 is 0 Å². The highest BCUT2D eigenvalue weighted by atomic mass is 32.2. The van der Waals surface area contributed by atoms with E-state index in [0.29, 0.717) is 42.6 Å². The molecule has 0 aliphatic carbocycles. The molecule has 2 fully saturated rings. The van der Waals surface area contributed by atoms with E-state index in [1.165, 1.54) is 6.08 Å². The van der Waals surface area contributed by atoms with Crippen LogP contribution in [0.1, 0.15) is 23.0 Å². The molecule has 0 radical (unpaired) electrons. The third-order valence-corrected chi connectivity index (χ3v) is 7.19. The number of benzene rings is 2. The molecule has 1 N–H and O–H groups in total. The minimum Gasteiger partial charge on any atom is -0.462 e. The quantitative estimate of drug-likeness (QED) is 0.310. The topological polar surface area (TPSA) is 118 Å². The Hall–Kier alpha value is -4.35. The van der Waals surface area contributed by atoms with Gasteiger partial charge in [-0.2, -0.15) is 0 Å². The van der Waals surface area contributed by atoms with Crippen LogP contribution in [0.3, 0.4) is 0 Å². The fourth-order valence-corrected chi connectivity index (χ4v) is 5.08. The summed E-state index contributed by atoms with van der Waals surface area (Å²) in [5.74, 6) is -0.543. The van der Waals surface area contributed by atoms with Gasteiger partial charge in [-0.15, -0.1) is 0 Å². The first-order chi connectivity index (χ1) is 19.4. The van der Waals surface area contributed by atoms with E-state index in [4.69, 9.17) is 13.9 Å². The summed E-state index contributed by atoms with van der Waals surface area (Å²) in [6, 6.07) is 17.6. The molecule has 2 aromatic carbocycles. The first kappa shape index (κ1) is 27.2. The fourth-order valence-electron chi connectivity index (χ4n) is 4.26. The Morgan fingerprint density at radius 2 is 1.73 bits per heavy atom. The predicted octanol–water partition coefficient (Wildman–Crippen LogP) is 4.63. The second kappa shape index (κ2) is 12.2. The van der Waals surface area contributed by atoms with Gasteiger partial charge in [0.1, 0.15) is 18.1 Å². The molecule has 2 aliphatic rings. The molecule has 0 saturated carbocycles. The smallest absolute Gasteiger partial charge is 0.338 e. The maximum atomic E-state index is 12.9. The van der Waals surface area contributed by atoms with Crippen molar-refractivity contribution in [1.29, 1.82) is 0 Å². The van der Waals surface area contributed by atoms with Gasteiger partial charge in [-0.1, -0.05) is 12.1 Å². The standard InChI is InChI=1S/C29H27N3O7S/c1-2-38-28(35)20-5-3-19(4-6-20)24-12-11-23(39-24)17-25-27(34)32(29(36)40-25)18-26(33)30-21-7-9-22(10-8-21)31-13-15-37-16-14-31/h3-12,17H,2,13-16,18H2,1H3,(H,30,33)/b25-17+. The van der Waals surface area contributed by atoms with Gasteiger partial charge in [0.25, 0.3) is 11.1 Å². The average molecular weight is 562 g/mol. The van der Waals surface area contributed by atoms with E-state index < -0.39 is 29.6 Å². The van der Waals surface area contributed by atoms with Crippen LogP contribution in [0.15, 0.2) is 70.0 Å². The molecule has 206 valence electrons. The summed E-state index contributed by atoms with van der Waals surface area (Å²) in [5.41, 5.74) is 2.77. The molecule has 3 heterocycles. The molecule has 0 spiro atoms. The Labute approximate surface area is 234 Å². The Kier molecular flexibility index (Phi) is 8.32. The van der Waals surface area contributed by atoms with E-state index in [0.717, 1.165) is 41.0 Å². The molecule has 5 rings (SSSR count). The van der Waals surface area contributed by atoms with Gasteiger partial charge < -0.3 is 24.1 Å². The van der Waals surface area contributed by atoms with Gasteiger partial charge in [-0.3, -0.25) is 19.3 Å². The lowest BCUT2D eigenvalue weighted by Gasteiger charge is -2.28. The van der Waals surface area contributed by atoms with Crippen molar-refractivity contribution in [3.8, 4) is 11.3 Å². The normalized spacial score (nSPS) is 16.5. The lowest BCUT2D eigenvalue weighted by atomic mass is 10.1. The number of esters is 1. The summed E-state index contributed by atoms with van der Waals surface area (Å²) in [7, 11) is 0. The number of anilines is 2. The van der Waals surface area contributed by atoms with Gasteiger partial charge in [0.15, 0.2) is 0 Å². The molecule has 0 atom stereocenters. The van der Waals surface area contributed by atoms with Crippen molar-refractivity contribution in [3.63, 3.8) is 0 Å². The Morgan fingerprint density at radius 3 is 2.42 bits per heavy atom. The molecule has 40 heavy (non-hydrogen) atoms. The van der Waals surface area contributed by atoms with Crippen LogP contribution in [-0.2, 0) is 19.1 Å². The molecular weight excluding hydrogens is 534 g/mol. The highest BCUT2D eigenvalue weighted by Crippen LogP contribution is 2.33. The van der Waals surface area contributed by atoms with Crippen molar-refractivity contribution in [2.24, 2.45) is 0 Å². The number of carbonyl (C=O) groups excluding carboxylic acids is 4. The second-order valence-corrected chi connectivity index (χ2v) is 9.96. The number of thioether (sulfide) groups is 1. The third kappa shape index (κ3) is 6.27. The van der Waals surface area contributed by atoms with Crippen LogP contribution in [0.4, 0.5) is 16.2 Å². The summed E-state index contributed by atoms with van der Waals surface area (Å²) < 4.78 is 16.2. The zero-order valence-corrected chi connectivity index (χ0v) is 22.6. The summed E-state index contributed by atoms with van der Waals surface area (Å²) in [6.07, 6.45) is 1.48. The summed E-state index contributed by atoms with van der Waals surface area (Å²) in [4.78, 5) is 53.1. The van der Waals surface area contributed by atoms with E-state index in [2.05, 4.69) is 10.2 Å². The maximum absolute atomic E-state index is 12.9. The van der Waals surface area contributed by atoms with Crippen molar-refractivity contribution in [2.45, 2.75) is 6.92 Å². The molecule has 0 bridgehead atoms. The number of carbonyl (C=O) groups is 4. The number of hydrogen-bond donors (Lipinski definition) is 1. The highest BCUT2D eigenvalue weighted by molar-refractivity contribution is 8.18. The maximum Gasteiger partial charge on any atom is 0.338 e. The van der Waals surface area contributed by atoms with Gasteiger partial charge in [-0.25, -0.2) is 4.79 Å². The number of hydrogen-bond acceptors (Lipinski definition) is 9. The Bertz CT molecular complexity index is 1440. The highest BCUT2D eigenvalue weighted by Gasteiger charge is 2.36. The molecule has 3 aromatic rings. The van der Waals surface area contributed by atoms with Gasteiger partial charge >= 0.3 is 5.97 Å². The van der Waals surface area contributed by atoms with Crippen molar-refractivity contribution >= 4 is 52.2 Å². The number of ether oxygens (including phenoxy) is 2. The first-order valence-corrected chi connectivity index (χ1v) is 13.6. The van der Waals surface area contributed by atoms with E-state index in [1.54, 1.807) is 55.5 Å². The van der Waals surface area contributed by atoms with E-state index in [1.807, 2.05) is 12.1 Å². The zero-order valence-electron chi connectivity index (χ0n) is 21.8. The molecule has 2 saturated heterocycles. The van der Waals surface area contributed by atoms with Gasteiger partial charge in [-0.05, 0) is 67.2 Å². The molecule has 0 unspecified atom stereocenters. The van der Waals surface area contributed by atoms with Crippen LogP contribution in [0, 0.1) is 0 Å². The summed E-state index contributed by atoms with van der Waals surface area (Å²) in [5, 5.41) is 2.21. The minimum atomic E-state index is -0.565. The molecule has 2 aliphatic heterocycles. The summed E-state index contributed by atoms with van der Waals surface area (Å²) >= 11 is 0.749. The minimum absolute atomic E-state index is 0.159. The molecule has 1 aromatic heterocycles. The largest absolute Gasteiger partial charge is 0.462 e. The van der Waals surface area contributed by atoms with Crippen LogP contribution < -0.4 is 10.2 Å². The lowest BCUT2D eigenvalue weighted by molar-refractivity contribution is -0.127. The number of imide groups is 1. The van der Waals surface area contributed by atoms with Gasteiger partial charge in [0.05, 0.1) is 30.3 Å². The number of nitrogens with one attached hydrogen (secondary N) is 1. The van der Waals surface area contributed by atoms with E-state index in [9.17, 15) is 19.2 Å². The number of amides is 3. The molecular formula is C29H27N3O7S. The zero-order chi connectivity index (χ0) is 28.1. The molecule has 3 amide bonds. The number of rotatable bonds is 8. The number of furan rings is 1. The number of nitrogens with zero attached hydrogens (tertiary/aromatic N) is 2. The third-order valence-electron chi connectivity index (χ3n) is 6.28. The van der Waals surface area contributed by atoms with Crippen LogP contribution in [0.5, 0.6) is 0 Å². The molecule has 11 heteroatoms. The SMILES string of the molecule is CCOC(=O)c1ccc(-c2ccc(/C=C3/SC(=O)N(CC(=O)Nc4ccc(N5CCOCC5)cc4)C3=O)o2)cc1. The average Bonchev–Trinajstić information content (AvgIpc) is 3.54. The van der Waals surface area contributed by atoms with Crippen molar-refractivity contribution in [2.75, 3.05) is 49.7 Å². The number of morpholine rings is 1. The van der Waals surface area contributed by atoms with Crippen LogP contribution in [0.2, 0.25) is 0 Å². The van der Waals surface area contributed by atoms with E-state index in [-0.39, 0.29) is 4.91 Å². The van der Waals surface area contributed by atoms with Gasteiger partial charge in [0.2, 0.25) is 5.91 Å². The Balaban J connectivity index is 1.19. The van der Waals surface area contributed by atoms with Crippen LogP contribution in [0.25, 0.3) is 17.4 Å². The lowest BCUT2D eigenvalue weighted by Crippen LogP contribution is -2.36. The van der Waals surface area contributed by atoms with Crippen molar-refractivity contribution in [3.05, 3.63) is 76.9 Å². The van der Waals surface area contributed by atoms with Crippen LogP contribution >= 0.6 is 11.8 Å². The van der Waals surface area contributed by atoms with Crippen LogP contribution in [-0.4, -0.2) is 67.4 Å².